The highest BCUT2D eigenvalue weighted by atomic mass is 32.2. The summed E-state index contributed by atoms with van der Waals surface area (Å²) in [6.07, 6.45) is 0. The van der Waals surface area contributed by atoms with Gasteiger partial charge in [-0.3, -0.25) is 0 Å². The van der Waals surface area contributed by atoms with Crippen molar-refractivity contribution < 1.29 is 17.9 Å². The number of fused-ring (bicyclic) bond motifs is 1. The molecule has 0 amide bonds. The Morgan fingerprint density at radius 3 is 2.88 bits per heavy atom. The Hall–Kier alpha value is -1.45. The molecule has 0 fully saturated rings. The molecule has 0 saturated carbocycles. The Labute approximate surface area is 159 Å². The van der Waals surface area contributed by atoms with Crippen molar-refractivity contribution in [1.82, 2.24) is 9.21 Å². The summed E-state index contributed by atoms with van der Waals surface area (Å²) >= 11 is 1.24. The van der Waals surface area contributed by atoms with E-state index in [2.05, 4.69) is 4.90 Å². The maximum Gasteiger partial charge on any atom is 0.252 e. The van der Waals surface area contributed by atoms with Gasteiger partial charge in [-0.15, -0.1) is 11.3 Å². The summed E-state index contributed by atoms with van der Waals surface area (Å²) in [6, 6.07) is 9.25. The SMILES string of the molecule is CN(C)CCOCc1ccc2c(c1)CN(S(=O)(=O)c1cccs1)CCO2. The van der Waals surface area contributed by atoms with Gasteiger partial charge in [-0.05, 0) is 43.2 Å². The van der Waals surface area contributed by atoms with E-state index in [4.69, 9.17) is 9.47 Å². The van der Waals surface area contributed by atoms with Gasteiger partial charge in [0.2, 0.25) is 0 Å². The van der Waals surface area contributed by atoms with Gasteiger partial charge in [0.25, 0.3) is 10.0 Å². The molecule has 0 radical (unpaired) electrons. The van der Waals surface area contributed by atoms with E-state index >= 15 is 0 Å². The molecule has 1 aliphatic heterocycles. The van der Waals surface area contributed by atoms with Gasteiger partial charge < -0.3 is 14.4 Å². The average Bonchev–Trinajstić information content (AvgIpc) is 3.06. The summed E-state index contributed by atoms with van der Waals surface area (Å²) in [4.78, 5) is 2.07. The van der Waals surface area contributed by atoms with Crippen LogP contribution in [0.1, 0.15) is 11.1 Å². The first-order chi connectivity index (χ1) is 12.5. The number of thiophene rings is 1. The topological polar surface area (TPSA) is 59.1 Å². The van der Waals surface area contributed by atoms with Gasteiger partial charge in [-0.25, -0.2) is 8.42 Å². The van der Waals surface area contributed by atoms with Crippen molar-refractivity contribution in [3.05, 3.63) is 46.8 Å². The molecule has 6 nitrogen and oxygen atoms in total. The van der Waals surface area contributed by atoms with Gasteiger partial charge in [-0.1, -0.05) is 12.1 Å². The lowest BCUT2D eigenvalue weighted by Gasteiger charge is -2.18. The van der Waals surface area contributed by atoms with E-state index in [1.807, 2.05) is 32.3 Å². The summed E-state index contributed by atoms with van der Waals surface area (Å²) in [5, 5.41) is 1.78. The van der Waals surface area contributed by atoms with Gasteiger partial charge in [-0.2, -0.15) is 4.31 Å². The van der Waals surface area contributed by atoms with Crippen LogP contribution < -0.4 is 4.74 Å². The molecule has 0 saturated heterocycles. The van der Waals surface area contributed by atoms with E-state index in [-0.39, 0.29) is 0 Å². The molecule has 142 valence electrons. The van der Waals surface area contributed by atoms with Crippen LogP contribution >= 0.6 is 11.3 Å². The zero-order chi connectivity index (χ0) is 18.6. The molecule has 1 aromatic heterocycles. The van der Waals surface area contributed by atoms with Crippen LogP contribution in [0.3, 0.4) is 0 Å². The molecule has 8 heteroatoms. The molecule has 0 spiro atoms. The van der Waals surface area contributed by atoms with E-state index in [0.717, 1.165) is 23.4 Å². The summed E-state index contributed by atoms with van der Waals surface area (Å²) in [6.45, 7) is 3.00. The molecule has 0 bridgehead atoms. The molecular weight excluding hydrogens is 372 g/mol. The van der Waals surface area contributed by atoms with Crippen molar-refractivity contribution in [3.63, 3.8) is 0 Å². The van der Waals surface area contributed by atoms with Crippen LogP contribution in [-0.2, 0) is 27.9 Å². The second kappa shape index (κ2) is 8.49. The second-order valence-corrected chi connectivity index (χ2v) is 9.53. The normalized spacial score (nSPS) is 15.5. The number of hydrogen-bond acceptors (Lipinski definition) is 6. The molecule has 1 aromatic carbocycles. The van der Waals surface area contributed by atoms with Crippen molar-refractivity contribution in [3.8, 4) is 5.75 Å². The molecule has 0 atom stereocenters. The van der Waals surface area contributed by atoms with Crippen LogP contribution in [0.15, 0.2) is 39.9 Å². The molecule has 2 heterocycles. The third-order valence-electron chi connectivity index (χ3n) is 4.11. The maximum absolute atomic E-state index is 12.8. The molecule has 3 rings (SSSR count). The van der Waals surface area contributed by atoms with Crippen LogP contribution in [0, 0.1) is 0 Å². The molecule has 1 aliphatic rings. The molecule has 2 aromatic rings. The summed E-state index contributed by atoms with van der Waals surface area (Å²) < 4.78 is 38.9. The van der Waals surface area contributed by atoms with Crippen molar-refractivity contribution in [2.24, 2.45) is 0 Å². The van der Waals surface area contributed by atoms with Crippen LogP contribution in [0.5, 0.6) is 5.75 Å². The van der Waals surface area contributed by atoms with Gasteiger partial charge >= 0.3 is 0 Å². The Balaban J connectivity index is 1.73. The highest BCUT2D eigenvalue weighted by molar-refractivity contribution is 7.91. The van der Waals surface area contributed by atoms with Crippen LogP contribution in [0.4, 0.5) is 0 Å². The van der Waals surface area contributed by atoms with Crippen LogP contribution in [-0.4, -0.2) is 58.0 Å². The van der Waals surface area contributed by atoms with Crippen molar-refractivity contribution in [1.29, 1.82) is 0 Å². The number of hydrogen-bond donors (Lipinski definition) is 0. The number of likely N-dealkylation sites (N-methyl/N-ethyl adjacent to an activating group) is 1. The standard InChI is InChI=1S/C18H24N2O4S2/c1-19(2)7-9-23-14-15-5-6-17-16(12-15)13-20(8-10-24-17)26(21,22)18-4-3-11-25-18/h3-6,11-12H,7-10,13-14H2,1-2H3. The van der Waals surface area contributed by atoms with E-state index < -0.39 is 10.0 Å². The first-order valence-electron chi connectivity index (χ1n) is 8.47. The monoisotopic (exact) mass is 396 g/mol. The minimum Gasteiger partial charge on any atom is -0.492 e. The third kappa shape index (κ3) is 4.63. The highest BCUT2D eigenvalue weighted by Crippen LogP contribution is 2.29. The van der Waals surface area contributed by atoms with E-state index in [9.17, 15) is 8.42 Å². The lowest BCUT2D eigenvalue weighted by Crippen LogP contribution is -2.32. The van der Waals surface area contributed by atoms with Crippen LogP contribution in [0.2, 0.25) is 0 Å². The predicted octanol–water partition coefficient (Wildman–Crippen LogP) is 2.41. The first kappa shape index (κ1) is 19.3. The Morgan fingerprint density at radius 2 is 2.15 bits per heavy atom. The van der Waals surface area contributed by atoms with Gasteiger partial charge in [0.1, 0.15) is 16.6 Å². The first-order valence-corrected chi connectivity index (χ1v) is 10.8. The zero-order valence-electron chi connectivity index (χ0n) is 15.1. The Morgan fingerprint density at radius 1 is 1.31 bits per heavy atom. The molecule has 0 aliphatic carbocycles. The lowest BCUT2D eigenvalue weighted by molar-refractivity contribution is 0.105. The maximum atomic E-state index is 12.8. The largest absolute Gasteiger partial charge is 0.492 e. The molecular formula is C18H24N2O4S2. The van der Waals surface area contributed by atoms with E-state index in [0.29, 0.717) is 37.1 Å². The van der Waals surface area contributed by atoms with Crippen molar-refractivity contribution in [2.45, 2.75) is 17.4 Å². The van der Waals surface area contributed by atoms with Crippen LogP contribution in [0.25, 0.3) is 0 Å². The molecule has 0 N–H and O–H groups in total. The number of rotatable bonds is 7. The number of sulfonamides is 1. The Bertz CT molecular complexity index is 820. The fourth-order valence-electron chi connectivity index (χ4n) is 2.69. The number of ether oxygens (including phenoxy) is 2. The van der Waals surface area contributed by atoms with Crippen molar-refractivity contribution in [2.75, 3.05) is 40.4 Å². The number of nitrogens with zero attached hydrogens (tertiary/aromatic N) is 2. The quantitative estimate of drug-likeness (QED) is 0.673. The fraction of sp³-hybridized carbons (Fsp3) is 0.444. The Kier molecular flexibility index (Phi) is 6.31. The second-order valence-electron chi connectivity index (χ2n) is 6.42. The predicted molar refractivity (Wildman–Crippen MR) is 102 cm³/mol. The fourth-order valence-corrected chi connectivity index (χ4v) is 5.24. The minimum atomic E-state index is -3.49. The summed E-state index contributed by atoms with van der Waals surface area (Å²) in [7, 11) is 0.518. The smallest absolute Gasteiger partial charge is 0.252 e. The molecule has 26 heavy (non-hydrogen) atoms. The lowest BCUT2D eigenvalue weighted by atomic mass is 10.1. The summed E-state index contributed by atoms with van der Waals surface area (Å²) in [5.74, 6) is 0.742. The minimum absolute atomic E-state index is 0.307. The van der Waals surface area contributed by atoms with Gasteiger partial charge in [0.15, 0.2) is 0 Å². The number of benzene rings is 1. The third-order valence-corrected chi connectivity index (χ3v) is 7.33. The van der Waals surface area contributed by atoms with Gasteiger partial charge in [0, 0.05) is 25.2 Å². The van der Waals surface area contributed by atoms with Crippen molar-refractivity contribution >= 4 is 21.4 Å². The van der Waals surface area contributed by atoms with Gasteiger partial charge in [0.05, 0.1) is 13.2 Å². The average molecular weight is 397 g/mol. The highest BCUT2D eigenvalue weighted by Gasteiger charge is 2.28. The summed E-state index contributed by atoms with van der Waals surface area (Å²) in [5.41, 5.74) is 1.89. The molecule has 0 unspecified atom stereocenters. The van der Waals surface area contributed by atoms with E-state index in [1.165, 1.54) is 15.6 Å². The van der Waals surface area contributed by atoms with E-state index in [1.54, 1.807) is 17.5 Å². The zero-order valence-corrected chi connectivity index (χ0v) is 16.7.